The molecule has 2 heteroatoms. The Morgan fingerprint density at radius 3 is 2.82 bits per heavy atom. The third kappa shape index (κ3) is 2.81. The number of rotatable bonds is 3. The van der Waals surface area contributed by atoms with Crippen LogP contribution in [0.2, 0.25) is 0 Å². The molecule has 1 unspecified atom stereocenters. The number of benzene rings is 1. The van der Waals surface area contributed by atoms with Crippen LogP contribution in [0, 0.1) is 5.41 Å². The quantitative estimate of drug-likeness (QED) is 0.837. The van der Waals surface area contributed by atoms with Gasteiger partial charge in [0.1, 0.15) is 0 Å². The van der Waals surface area contributed by atoms with Gasteiger partial charge in [0.25, 0.3) is 0 Å². The summed E-state index contributed by atoms with van der Waals surface area (Å²) in [5, 5.41) is 7.23. The normalized spacial score (nSPS) is 23.4. The highest BCUT2D eigenvalue weighted by atomic mass is 15.0. The number of piperidine rings is 1. The summed E-state index contributed by atoms with van der Waals surface area (Å²) >= 11 is 0. The SMILES string of the molecule is CCc1ccccc1NC1CCNCC1(C)C. The second-order valence-corrected chi connectivity index (χ2v) is 5.66. The monoisotopic (exact) mass is 232 g/mol. The first kappa shape index (κ1) is 12.4. The highest BCUT2D eigenvalue weighted by Crippen LogP contribution is 2.29. The zero-order valence-electron chi connectivity index (χ0n) is 11.2. The van der Waals surface area contributed by atoms with Gasteiger partial charge in [0.05, 0.1) is 0 Å². The fourth-order valence-corrected chi connectivity index (χ4v) is 2.60. The van der Waals surface area contributed by atoms with Crippen LogP contribution >= 0.6 is 0 Å². The Bertz CT molecular complexity index is 371. The maximum atomic E-state index is 3.75. The summed E-state index contributed by atoms with van der Waals surface area (Å²) in [7, 11) is 0. The lowest BCUT2D eigenvalue weighted by atomic mass is 9.80. The van der Waals surface area contributed by atoms with Crippen LogP contribution in [0.1, 0.15) is 32.8 Å². The van der Waals surface area contributed by atoms with Gasteiger partial charge in [0, 0.05) is 18.3 Å². The second-order valence-electron chi connectivity index (χ2n) is 5.66. The molecule has 2 N–H and O–H groups in total. The fraction of sp³-hybridized carbons (Fsp3) is 0.600. The Morgan fingerprint density at radius 2 is 2.12 bits per heavy atom. The smallest absolute Gasteiger partial charge is 0.0374 e. The van der Waals surface area contributed by atoms with Crippen LogP contribution in [0.15, 0.2) is 24.3 Å². The maximum Gasteiger partial charge on any atom is 0.0374 e. The Hall–Kier alpha value is -1.02. The number of nitrogens with one attached hydrogen (secondary N) is 2. The summed E-state index contributed by atoms with van der Waals surface area (Å²) in [5.74, 6) is 0. The van der Waals surface area contributed by atoms with Crippen molar-refractivity contribution in [2.75, 3.05) is 18.4 Å². The van der Waals surface area contributed by atoms with E-state index in [1.54, 1.807) is 0 Å². The predicted molar refractivity (Wildman–Crippen MR) is 74.5 cm³/mol. The number of para-hydroxylation sites is 1. The molecule has 1 aliphatic heterocycles. The minimum atomic E-state index is 0.319. The molecular weight excluding hydrogens is 208 g/mol. The third-order valence-electron chi connectivity index (χ3n) is 3.86. The Labute approximate surface area is 105 Å². The molecule has 1 saturated heterocycles. The van der Waals surface area contributed by atoms with Gasteiger partial charge >= 0.3 is 0 Å². The van der Waals surface area contributed by atoms with Gasteiger partial charge in [-0.15, -0.1) is 0 Å². The molecule has 2 rings (SSSR count). The zero-order chi connectivity index (χ0) is 12.3. The number of hydrogen-bond acceptors (Lipinski definition) is 2. The minimum Gasteiger partial charge on any atom is -0.381 e. The van der Waals surface area contributed by atoms with Gasteiger partial charge in [0.15, 0.2) is 0 Å². The first-order chi connectivity index (χ1) is 8.13. The first-order valence-corrected chi connectivity index (χ1v) is 6.68. The van der Waals surface area contributed by atoms with E-state index in [1.165, 1.54) is 17.7 Å². The lowest BCUT2D eigenvalue weighted by molar-refractivity contribution is 0.236. The number of aryl methyl sites for hydroxylation is 1. The van der Waals surface area contributed by atoms with Crippen molar-refractivity contribution in [3.05, 3.63) is 29.8 Å². The molecule has 0 bridgehead atoms. The van der Waals surface area contributed by atoms with Gasteiger partial charge in [-0.3, -0.25) is 0 Å². The van der Waals surface area contributed by atoms with E-state index in [0.29, 0.717) is 11.5 Å². The first-order valence-electron chi connectivity index (χ1n) is 6.68. The van der Waals surface area contributed by atoms with Crippen LogP contribution in [-0.4, -0.2) is 19.1 Å². The summed E-state index contributed by atoms with van der Waals surface area (Å²) in [4.78, 5) is 0. The largest absolute Gasteiger partial charge is 0.381 e. The summed E-state index contributed by atoms with van der Waals surface area (Å²) in [5.41, 5.74) is 3.05. The lowest BCUT2D eigenvalue weighted by Gasteiger charge is -2.40. The molecule has 0 radical (unpaired) electrons. The van der Waals surface area contributed by atoms with Crippen molar-refractivity contribution in [2.45, 2.75) is 39.7 Å². The van der Waals surface area contributed by atoms with Gasteiger partial charge in [-0.2, -0.15) is 0 Å². The highest BCUT2D eigenvalue weighted by molar-refractivity contribution is 5.52. The van der Waals surface area contributed by atoms with Crippen molar-refractivity contribution in [3.8, 4) is 0 Å². The molecule has 1 aromatic carbocycles. The van der Waals surface area contributed by atoms with Crippen molar-refractivity contribution in [1.29, 1.82) is 0 Å². The molecule has 94 valence electrons. The summed E-state index contributed by atoms with van der Waals surface area (Å²) in [6, 6.07) is 9.23. The molecule has 0 aromatic heterocycles. The molecule has 1 aromatic rings. The number of anilines is 1. The topological polar surface area (TPSA) is 24.1 Å². The Kier molecular flexibility index (Phi) is 3.72. The van der Waals surface area contributed by atoms with Crippen LogP contribution in [0.3, 0.4) is 0 Å². The molecule has 1 aliphatic rings. The van der Waals surface area contributed by atoms with Crippen molar-refractivity contribution < 1.29 is 0 Å². The van der Waals surface area contributed by atoms with Gasteiger partial charge in [-0.1, -0.05) is 39.0 Å². The van der Waals surface area contributed by atoms with Gasteiger partial charge in [-0.05, 0) is 36.4 Å². The molecule has 2 nitrogen and oxygen atoms in total. The average Bonchev–Trinajstić information content (AvgIpc) is 2.32. The average molecular weight is 232 g/mol. The maximum absolute atomic E-state index is 3.75. The zero-order valence-corrected chi connectivity index (χ0v) is 11.2. The van der Waals surface area contributed by atoms with E-state index in [-0.39, 0.29) is 0 Å². The van der Waals surface area contributed by atoms with Crippen molar-refractivity contribution >= 4 is 5.69 Å². The summed E-state index contributed by atoms with van der Waals surface area (Å²) < 4.78 is 0. The molecule has 1 atom stereocenters. The van der Waals surface area contributed by atoms with Crippen LogP contribution in [-0.2, 0) is 6.42 Å². The molecule has 0 aliphatic carbocycles. The third-order valence-corrected chi connectivity index (χ3v) is 3.86. The molecular formula is C15H24N2. The van der Waals surface area contributed by atoms with Crippen LogP contribution < -0.4 is 10.6 Å². The predicted octanol–water partition coefficient (Wildman–Crippen LogP) is 3.05. The molecule has 1 heterocycles. The van der Waals surface area contributed by atoms with Crippen molar-refractivity contribution in [2.24, 2.45) is 5.41 Å². The second kappa shape index (κ2) is 5.09. The van der Waals surface area contributed by atoms with Gasteiger partial charge < -0.3 is 10.6 Å². The van der Waals surface area contributed by atoms with Gasteiger partial charge in [-0.25, -0.2) is 0 Å². The summed E-state index contributed by atoms with van der Waals surface area (Å²) in [6.45, 7) is 9.11. The van der Waals surface area contributed by atoms with Crippen LogP contribution in [0.5, 0.6) is 0 Å². The van der Waals surface area contributed by atoms with Crippen molar-refractivity contribution in [3.63, 3.8) is 0 Å². The summed E-state index contributed by atoms with van der Waals surface area (Å²) in [6.07, 6.45) is 2.29. The Morgan fingerprint density at radius 1 is 1.35 bits per heavy atom. The molecule has 1 fully saturated rings. The van der Waals surface area contributed by atoms with E-state index in [4.69, 9.17) is 0 Å². The Balaban J connectivity index is 2.14. The molecule has 0 saturated carbocycles. The van der Waals surface area contributed by atoms with E-state index in [2.05, 4.69) is 55.7 Å². The van der Waals surface area contributed by atoms with E-state index in [9.17, 15) is 0 Å². The standard InChI is InChI=1S/C15H24N2/c1-4-12-7-5-6-8-13(12)17-14-9-10-16-11-15(14,2)3/h5-8,14,16-17H,4,9-11H2,1-3H3. The van der Waals surface area contributed by atoms with Crippen LogP contribution in [0.4, 0.5) is 5.69 Å². The van der Waals surface area contributed by atoms with E-state index in [1.807, 2.05) is 0 Å². The molecule has 17 heavy (non-hydrogen) atoms. The van der Waals surface area contributed by atoms with Crippen molar-refractivity contribution in [1.82, 2.24) is 5.32 Å². The number of hydrogen-bond donors (Lipinski definition) is 2. The fourth-order valence-electron chi connectivity index (χ4n) is 2.60. The lowest BCUT2D eigenvalue weighted by Crippen LogP contribution is -2.49. The van der Waals surface area contributed by atoms with Crippen LogP contribution in [0.25, 0.3) is 0 Å². The molecule has 0 spiro atoms. The van der Waals surface area contributed by atoms with E-state index < -0.39 is 0 Å². The highest BCUT2D eigenvalue weighted by Gasteiger charge is 2.32. The van der Waals surface area contributed by atoms with E-state index >= 15 is 0 Å². The van der Waals surface area contributed by atoms with E-state index in [0.717, 1.165) is 19.5 Å². The van der Waals surface area contributed by atoms with Gasteiger partial charge in [0.2, 0.25) is 0 Å². The molecule has 0 amide bonds. The minimum absolute atomic E-state index is 0.319.